The lowest BCUT2D eigenvalue weighted by atomic mass is 10.0. The number of allylic oxidation sites excluding steroid dienone is 3. The predicted molar refractivity (Wildman–Crippen MR) is 172 cm³/mol. The normalized spacial score (nSPS) is 16.5. The monoisotopic (exact) mass is 626 g/mol. The van der Waals surface area contributed by atoms with Crippen LogP contribution in [0.25, 0.3) is 17.2 Å². The van der Waals surface area contributed by atoms with Gasteiger partial charge in [0, 0.05) is 54.6 Å². The van der Waals surface area contributed by atoms with E-state index in [1.807, 2.05) is 25.1 Å². The number of nitrogens with two attached hydrogens (primary N) is 2. The minimum absolute atomic E-state index is 0.0301. The van der Waals surface area contributed by atoms with Crippen molar-refractivity contribution in [1.82, 2.24) is 10.2 Å². The number of rotatable bonds is 8. The molecule has 0 heterocycles. The van der Waals surface area contributed by atoms with Crippen molar-refractivity contribution < 1.29 is 23.0 Å². The third kappa shape index (κ3) is 8.71. The molecule has 1 aliphatic rings. The van der Waals surface area contributed by atoms with Crippen molar-refractivity contribution >= 4 is 68.6 Å². The second-order valence-electron chi connectivity index (χ2n) is 10.1. The van der Waals surface area contributed by atoms with Gasteiger partial charge in [0.2, 0.25) is 11.9 Å². The summed E-state index contributed by atoms with van der Waals surface area (Å²) in [6.07, 6.45) is 3.51. The zero-order valence-electron chi connectivity index (χ0n) is 24.8. The Balaban J connectivity index is 1.87. The maximum atomic E-state index is 14.3. The number of halogens is 1. The number of carbonyl (C=O) groups excluding carboxylic acids is 3. The van der Waals surface area contributed by atoms with Crippen LogP contribution in [0, 0.1) is 5.82 Å². The van der Waals surface area contributed by atoms with E-state index in [1.54, 1.807) is 45.5 Å². The number of aliphatic imine (C=N–C) groups is 2. The van der Waals surface area contributed by atoms with Crippen LogP contribution in [0.3, 0.4) is 0 Å². The van der Waals surface area contributed by atoms with Crippen molar-refractivity contribution in [2.75, 3.05) is 20.4 Å². The molecule has 0 saturated carbocycles. The number of guanidine groups is 2. The standard InChI is InChI=1S/C30H35FN6O4S2/c1-16-23(13-19-7-10-21(11-8-19)43(6)41)22-12-9-20(31)14-25(22)24(16)15-26(39)42-17(2)27(34-18(3)38)28(40)35-29(32)36-30(33)37(4)5/h7-14,17,27H,15H2,1-6H3,(H,34,38)(H4,32,33,35,36,40). The minimum Gasteiger partial charge on any atom is -0.369 e. The fraction of sp³-hybridized carbons (Fsp3) is 0.300. The summed E-state index contributed by atoms with van der Waals surface area (Å²) in [5.74, 6) is -2.07. The summed E-state index contributed by atoms with van der Waals surface area (Å²) in [5.41, 5.74) is 16.0. The third-order valence-corrected chi connectivity index (χ3v) is 8.61. The number of carbonyl (C=O) groups is 3. The average molecular weight is 627 g/mol. The zero-order valence-corrected chi connectivity index (χ0v) is 26.4. The highest BCUT2D eigenvalue weighted by molar-refractivity contribution is 8.14. The van der Waals surface area contributed by atoms with Gasteiger partial charge in [0.15, 0.2) is 11.1 Å². The Morgan fingerprint density at radius 2 is 1.74 bits per heavy atom. The maximum absolute atomic E-state index is 14.3. The Morgan fingerprint density at radius 3 is 2.33 bits per heavy atom. The summed E-state index contributed by atoms with van der Waals surface area (Å²) >= 11 is 0.872. The Hall–Kier alpha value is -4.10. The van der Waals surface area contributed by atoms with E-state index in [9.17, 15) is 23.0 Å². The van der Waals surface area contributed by atoms with E-state index in [2.05, 4.69) is 15.3 Å². The molecule has 2 amide bonds. The Kier molecular flexibility index (Phi) is 11.2. The lowest BCUT2D eigenvalue weighted by molar-refractivity contribution is -0.126. The van der Waals surface area contributed by atoms with E-state index in [0.29, 0.717) is 16.0 Å². The van der Waals surface area contributed by atoms with E-state index >= 15 is 0 Å². The van der Waals surface area contributed by atoms with Crippen LogP contribution in [-0.2, 0) is 25.2 Å². The van der Waals surface area contributed by atoms with Gasteiger partial charge in [-0.2, -0.15) is 9.98 Å². The van der Waals surface area contributed by atoms with Crippen molar-refractivity contribution in [3.63, 3.8) is 0 Å². The second kappa shape index (κ2) is 14.4. The summed E-state index contributed by atoms with van der Waals surface area (Å²) in [6.45, 7) is 4.74. The molecular formula is C30H35FN6O4S2. The van der Waals surface area contributed by atoms with Crippen LogP contribution in [0.15, 0.2) is 62.9 Å². The molecule has 13 heteroatoms. The van der Waals surface area contributed by atoms with Gasteiger partial charge in [0.05, 0.1) is 0 Å². The number of hydrogen-bond donors (Lipinski definition) is 3. The van der Waals surface area contributed by atoms with E-state index in [4.69, 9.17) is 11.5 Å². The van der Waals surface area contributed by atoms with Gasteiger partial charge in [0.1, 0.15) is 11.9 Å². The van der Waals surface area contributed by atoms with Gasteiger partial charge in [-0.3, -0.25) is 18.6 Å². The summed E-state index contributed by atoms with van der Waals surface area (Å²) in [5, 5.41) is 1.52. The molecule has 0 saturated heterocycles. The molecule has 0 radical (unpaired) electrons. The number of thioether (sulfide) groups is 1. The van der Waals surface area contributed by atoms with Crippen molar-refractivity contribution in [1.29, 1.82) is 0 Å². The molecule has 0 aromatic heterocycles. The fourth-order valence-electron chi connectivity index (χ4n) is 4.39. The summed E-state index contributed by atoms with van der Waals surface area (Å²) in [6, 6.07) is 10.6. The van der Waals surface area contributed by atoms with E-state index in [1.165, 1.54) is 24.0 Å². The number of amides is 2. The van der Waals surface area contributed by atoms with Crippen LogP contribution in [0.2, 0.25) is 0 Å². The van der Waals surface area contributed by atoms with Crippen LogP contribution < -0.4 is 16.8 Å². The lowest BCUT2D eigenvalue weighted by Crippen LogP contribution is -2.46. The molecule has 228 valence electrons. The summed E-state index contributed by atoms with van der Waals surface area (Å²) < 4.78 is 26.1. The average Bonchev–Trinajstić information content (AvgIpc) is 3.16. The van der Waals surface area contributed by atoms with Gasteiger partial charge in [-0.15, -0.1) is 0 Å². The van der Waals surface area contributed by atoms with Gasteiger partial charge < -0.3 is 21.7 Å². The minimum atomic E-state index is -1.17. The molecule has 10 nitrogen and oxygen atoms in total. The number of benzene rings is 2. The Labute approximate surface area is 257 Å². The molecule has 0 aliphatic heterocycles. The van der Waals surface area contributed by atoms with Crippen LogP contribution in [0.4, 0.5) is 4.39 Å². The first-order chi connectivity index (χ1) is 20.2. The SMILES string of the molecule is CC(=O)NC(C(=O)N=C(N)N=C(N)N(C)C)C(C)SC(=O)CC1=C(C)C(=Cc2ccc(S(C)=O)cc2)c2ccc(F)cc21. The number of fused-ring (bicyclic) bond motifs is 1. The van der Waals surface area contributed by atoms with Gasteiger partial charge in [-0.25, -0.2) is 4.39 Å². The third-order valence-electron chi connectivity index (χ3n) is 6.62. The van der Waals surface area contributed by atoms with Crippen molar-refractivity contribution in [3.8, 4) is 0 Å². The molecule has 0 bridgehead atoms. The highest BCUT2D eigenvalue weighted by Gasteiger charge is 2.31. The van der Waals surface area contributed by atoms with Crippen LogP contribution in [0.1, 0.15) is 43.9 Å². The molecule has 2 aromatic carbocycles. The van der Waals surface area contributed by atoms with E-state index < -0.39 is 45.7 Å². The fourth-order valence-corrected chi connectivity index (χ4v) is 5.87. The quantitative estimate of drug-likeness (QED) is 0.298. The molecule has 3 unspecified atom stereocenters. The molecule has 0 fully saturated rings. The van der Waals surface area contributed by atoms with Crippen LogP contribution in [-0.4, -0.2) is 69.6 Å². The van der Waals surface area contributed by atoms with Gasteiger partial charge >= 0.3 is 0 Å². The molecule has 43 heavy (non-hydrogen) atoms. The first-order valence-corrected chi connectivity index (χ1v) is 15.6. The topological polar surface area (TPSA) is 160 Å². The predicted octanol–water partition coefficient (Wildman–Crippen LogP) is 3.15. The van der Waals surface area contributed by atoms with Gasteiger partial charge in [-0.1, -0.05) is 36.9 Å². The molecule has 0 spiro atoms. The molecular weight excluding hydrogens is 592 g/mol. The molecule has 1 aliphatic carbocycles. The molecule has 2 aromatic rings. The van der Waals surface area contributed by atoms with Crippen molar-refractivity contribution in [2.24, 2.45) is 21.5 Å². The highest BCUT2D eigenvalue weighted by Crippen LogP contribution is 2.44. The van der Waals surface area contributed by atoms with E-state index in [0.717, 1.165) is 34.0 Å². The Bertz CT molecular complexity index is 1580. The number of nitrogens with one attached hydrogen (secondary N) is 1. The number of hydrogen-bond acceptors (Lipinski definition) is 5. The van der Waals surface area contributed by atoms with E-state index in [-0.39, 0.29) is 17.5 Å². The lowest BCUT2D eigenvalue weighted by Gasteiger charge is -2.21. The second-order valence-corrected chi connectivity index (χ2v) is 12.9. The maximum Gasteiger partial charge on any atom is 0.272 e. The highest BCUT2D eigenvalue weighted by atomic mass is 32.2. The molecule has 5 N–H and O–H groups in total. The van der Waals surface area contributed by atoms with Crippen LogP contribution in [0.5, 0.6) is 0 Å². The van der Waals surface area contributed by atoms with Crippen molar-refractivity contribution in [3.05, 3.63) is 70.5 Å². The largest absolute Gasteiger partial charge is 0.369 e. The van der Waals surface area contributed by atoms with Crippen LogP contribution >= 0.6 is 11.8 Å². The summed E-state index contributed by atoms with van der Waals surface area (Å²) in [7, 11) is 2.17. The van der Waals surface area contributed by atoms with Gasteiger partial charge in [-0.05, 0) is 70.7 Å². The number of nitrogens with zero attached hydrogens (tertiary/aromatic N) is 3. The van der Waals surface area contributed by atoms with Crippen molar-refractivity contribution in [2.45, 2.75) is 43.4 Å². The zero-order chi connectivity index (χ0) is 32.0. The Morgan fingerprint density at radius 1 is 1.09 bits per heavy atom. The first kappa shape index (κ1) is 33.4. The molecule has 3 atom stereocenters. The smallest absolute Gasteiger partial charge is 0.272 e. The molecule has 3 rings (SSSR count). The summed E-state index contributed by atoms with van der Waals surface area (Å²) in [4.78, 5) is 47.9. The van der Waals surface area contributed by atoms with Gasteiger partial charge in [0.25, 0.3) is 5.91 Å². The first-order valence-electron chi connectivity index (χ1n) is 13.2.